The first kappa shape index (κ1) is 17.1. The average molecular weight is 338 g/mol. The molecule has 130 valence electrons. The molecule has 0 spiro atoms. The summed E-state index contributed by atoms with van der Waals surface area (Å²) in [6.07, 6.45) is 3.06. The van der Waals surface area contributed by atoms with Crippen LogP contribution in [0.15, 0.2) is 42.6 Å². The van der Waals surface area contributed by atoms with Gasteiger partial charge in [0.05, 0.1) is 11.6 Å². The van der Waals surface area contributed by atoms with Crippen molar-refractivity contribution in [1.29, 1.82) is 0 Å². The third-order valence-corrected chi connectivity index (χ3v) is 5.00. The van der Waals surface area contributed by atoms with Gasteiger partial charge in [-0.25, -0.2) is 0 Å². The third kappa shape index (κ3) is 3.40. The molecule has 1 saturated heterocycles. The minimum absolute atomic E-state index is 0.0426. The van der Waals surface area contributed by atoms with Gasteiger partial charge in [-0.3, -0.25) is 14.6 Å². The van der Waals surface area contributed by atoms with Crippen LogP contribution in [-0.2, 0) is 4.79 Å². The first-order valence-corrected chi connectivity index (χ1v) is 8.54. The second-order valence-electron chi connectivity index (χ2n) is 6.61. The summed E-state index contributed by atoms with van der Waals surface area (Å²) in [7, 11) is 0. The van der Waals surface area contributed by atoms with E-state index in [-0.39, 0.29) is 18.5 Å². The molecule has 1 aromatic heterocycles. The lowest BCUT2D eigenvalue weighted by atomic mass is 9.91. The summed E-state index contributed by atoms with van der Waals surface area (Å²) in [6.45, 7) is 4.16. The molecule has 0 aliphatic carbocycles. The van der Waals surface area contributed by atoms with Crippen molar-refractivity contribution >= 4 is 11.9 Å². The maximum absolute atomic E-state index is 13.1. The van der Waals surface area contributed by atoms with Crippen LogP contribution in [0.1, 0.15) is 35.7 Å². The lowest BCUT2D eigenvalue weighted by molar-refractivity contribution is -0.143. The Hall–Kier alpha value is -2.69. The van der Waals surface area contributed by atoms with Crippen molar-refractivity contribution < 1.29 is 14.7 Å². The number of benzene rings is 1. The molecule has 1 amide bonds. The number of carbonyl (C=O) groups excluding carboxylic acids is 1. The second-order valence-corrected chi connectivity index (χ2v) is 6.61. The number of carbonyl (C=O) groups is 2. The number of rotatable bonds is 3. The summed E-state index contributed by atoms with van der Waals surface area (Å²) in [6, 6.07) is 11.3. The Morgan fingerprint density at radius 1 is 1.16 bits per heavy atom. The first-order valence-electron chi connectivity index (χ1n) is 8.54. The van der Waals surface area contributed by atoms with Crippen LogP contribution >= 0.6 is 0 Å². The first-order chi connectivity index (χ1) is 12.0. The Labute approximate surface area is 147 Å². The summed E-state index contributed by atoms with van der Waals surface area (Å²) in [5.41, 5.74) is 3.23. The number of carboxylic acids is 1. The van der Waals surface area contributed by atoms with E-state index in [1.807, 2.05) is 44.2 Å². The van der Waals surface area contributed by atoms with E-state index in [2.05, 4.69) is 4.98 Å². The van der Waals surface area contributed by atoms with Gasteiger partial charge in [0.15, 0.2) is 0 Å². The number of aliphatic carboxylic acids is 1. The minimum Gasteiger partial charge on any atom is -0.481 e. The van der Waals surface area contributed by atoms with E-state index in [0.717, 1.165) is 16.8 Å². The standard InChI is InChI=1S/C20H22N2O3/c1-13-9-10-15(20(24)25)12-22(13)19(23)17-7-5-6-16(14(17)2)18-8-3-4-11-21-18/h3-8,11,13,15H,9-10,12H2,1-2H3,(H,24,25). The van der Waals surface area contributed by atoms with E-state index in [1.54, 1.807) is 17.2 Å². The molecule has 5 nitrogen and oxygen atoms in total. The molecule has 0 radical (unpaired) electrons. The number of hydrogen-bond donors (Lipinski definition) is 1. The van der Waals surface area contributed by atoms with Crippen molar-refractivity contribution in [3.05, 3.63) is 53.7 Å². The number of pyridine rings is 1. The molecule has 2 unspecified atom stereocenters. The largest absolute Gasteiger partial charge is 0.481 e. The van der Waals surface area contributed by atoms with E-state index >= 15 is 0 Å². The average Bonchev–Trinajstić information content (AvgIpc) is 2.62. The molecule has 1 aliphatic rings. The Kier molecular flexibility index (Phi) is 4.83. The second kappa shape index (κ2) is 7.05. The molecule has 2 heterocycles. The zero-order valence-corrected chi connectivity index (χ0v) is 14.5. The molecule has 1 aromatic carbocycles. The molecule has 0 bridgehead atoms. The predicted octanol–water partition coefficient (Wildman–Crippen LogP) is 3.38. The number of nitrogens with zero attached hydrogens (tertiary/aromatic N) is 2. The van der Waals surface area contributed by atoms with Crippen molar-refractivity contribution in [2.75, 3.05) is 6.54 Å². The quantitative estimate of drug-likeness (QED) is 0.931. The van der Waals surface area contributed by atoms with E-state index < -0.39 is 11.9 Å². The molecule has 5 heteroatoms. The maximum atomic E-state index is 13.1. The van der Waals surface area contributed by atoms with Gasteiger partial charge in [-0.05, 0) is 50.5 Å². The summed E-state index contributed by atoms with van der Waals surface area (Å²) in [5.74, 6) is -1.42. The zero-order valence-electron chi connectivity index (χ0n) is 14.5. The van der Waals surface area contributed by atoms with Gasteiger partial charge < -0.3 is 10.0 Å². The summed E-state index contributed by atoms with van der Waals surface area (Å²) in [5, 5.41) is 9.30. The Morgan fingerprint density at radius 3 is 2.64 bits per heavy atom. The summed E-state index contributed by atoms with van der Waals surface area (Å²) >= 11 is 0. The molecule has 2 atom stereocenters. The fourth-order valence-electron chi connectivity index (χ4n) is 3.41. The molecule has 1 aliphatic heterocycles. The molecule has 2 aromatic rings. The Balaban J connectivity index is 1.93. The van der Waals surface area contributed by atoms with Crippen LogP contribution in [0.25, 0.3) is 11.3 Å². The van der Waals surface area contributed by atoms with Crippen LogP contribution in [0.2, 0.25) is 0 Å². The number of carboxylic acid groups (broad SMARTS) is 1. The van der Waals surface area contributed by atoms with Crippen LogP contribution in [0, 0.1) is 12.8 Å². The van der Waals surface area contributed by atoms with Gasteiger partial charge in [0.1, 0.15) is 0 Å². The number of aromatic nitrogens is 1. The fraction of sp³-hybridized carbons (Fsp3) is 0.350. The molecule has 25 heavy (non-hydrogen) atoms. The van der Waals surface area contributed by atoms with E-state index in [9.17, 15) is 14.7 Å². The van der Waals surface area contributed by atoms with Crippen LogP contribution in [-0.4, -0.2) is 39.5 Å². The minimum atomic E-state index is -0.830. The molecule has 1 fully saturated rings. The van der Waals surface area contributed by atoms with Crippen molar-refractivity contribution in [2.45, 2.75) is 32.7 Å². The molecular weight excluding hydrogens is 316 g/mol. The van der Waals surface area contributed by atoms with Crippen LogP contribution in [0.5, 0.6) is 0 Å². The Bertz CT molecular complexity index is 789. The molecular formula is C20H22N2O3. The smallest absolute Gasteiger partial charge is 0.308 e. The van der Waals surface area contributed by atoms with Gasteiger partial charge >= 0.3 is 5.97 Å². The lowest BCUT2D eigenvalue weighted by Gasteiger charge is -2.37. The van der Waals surface area contributed by atoms with E-state index in [1.165, 1.54) is 0 Å². The third-order valence-electron chi connectivity index (χ3n) is 5.00. The predicted molar refractivity (Wildman–Crippen MR) is 95.3 cm³/mol. The van der Waals surface area contributed by atoms with Gasteiger partial charge in [-0.1, -0.05) is 18.2 Å². The highest BCUT2D eigenvalue weighted by Gasteiger charge is 2.33. The SMILES string of the molecule is Cc1c(C(=O)N2CC(C(=O)O)CCC2C)cccc1-c1ccccn1. The van der Waals surface area contributed by atoms with Gasteiger partial charge in [0, 0.05) is 29.9 Å². The number of amides is 1. The summed E-state index contributed by atoms with van der Waals surface area (Å²) < 4.78 is 0. The molecule has 1 N–H and O–H groups in total. The van der Waals surface area contributed by atoms with Crippen molar-refractivity contribution in [3.8, 4) is 11.3 Å². The van der Waals surface area contributed by atoms with Crippen molar-refractivity contribution in [1.82, 2.24) is 9.88 Å². The van der Waals surface area contributed by atoms with Crippen molar-refractivity contribution in [3.63, 3.8) is 0 Å². The highest BCUT2D eigenvalue weighted by atomic mass is 16.4. The lowest BCUT2D eigenvalue weighted by Crippen LogP contribution is -2.47. The summed E-state index contributed by atoms with van der Waals surface area (Å²) in [4.78, 5) is 30.5. The van der Waals surface area contributed by atoms with Crippen molar-refractivity contribution in [2.24, 2.45) is 5.92 Å². The molecule has 3 rings (SSSR count). The molecule has 0 saturated carbocycles. The maximum Gasteiger partial charge on any atom is 0.308 e. The monoisotopic (exact) mass is 338 g/mol. The van der Waals surface area contributed by atoms with Gasteiger partial charge in [0.25, 0.3) is 5.91 Å². The van der Waals surface area contributed by atoms with Crippen LogP contribution in [0.4, 0.5) is 0 Å². The van der Waals surface area contributed by atoms with Gasteiger partial charge in [-0.2, -0.15) is 0 Å². The topological polar surface area (TPSA) is 70.5 Å². The van der Waals surface area contributed by atoms with Crippen LogP contribution < -0.4 is 0 Å². The number of likely N-dealkylation sites (tertiary alicyclic amines) is 1. The zero-order chi connectivity index (χ0) is 18.0. The highest BCUT2D eigenvalue weighted by Crippen LogP contribution is 2.28. The highest BCUT2D eigenvalue weighted by molar-refractivity contribution is 5.97. The fourth-order valence-corrected chi connectivity index (χ4v) is 3.41. The Morgan fingerprint density at radius 2 is 1.96 bits per heavy atom. The van der Waals surface area contributed by atoms with Gasteiger partial charge in [0.2, 0.25) is 0 Å². The number of hydrogen-bond acceptors (Lipinski definition) is 3. The van der Waals surface area contributed by atoms with Gasteiger partial charge in [-0.15, -0.1) is 0 Å². The van der Waals surface area contributed by atoms with Crippen LogP contribution in [0.3, 0.4) is 0 Å². The van der Waals surface area contributed by atoms with E-state index in [4.69, 9.17) is 0 Å². The normalized spacial score (nSPS) is 20.3. The number of piperidine rings is 1. The van der Waals surface area contributed by atoms with E-state index in [0.29, 0.717) is 18.4 Å².